The van der Waals surface area contributed by atoms with E-state index in [1.807, 2.05) is 43.3 Å². The average Bonchev–Trinajstić information content (AvgIpc) is 2.57. The highest BCUT2D eigenvalue weighted by Gasteiger charge is 2.05. The SMILES string of the molecule is CCOc1ccc(CCOc2ncnc3ncccc23)cc1. The lowest BCUT2D eigenvalue weighted by molar-refractivity contribution is 0.313. The molecule has 22 heavy (non-hydrogen) atoms. The van der Waals surface area contributed by atoms with Crippen LogP contribution in [0.4, 0.5) is 0 Å². The number of hydrogen-bond acceptors (Lipinski definition) is 5. The van der Waals surface area contributed by atoms with Crippen LogP contribution in [0.2, 0.25) is 0 Å². The summed E-state index contributed by atoms with van der Waals surface area (Å²) >= 11 is 0. The number of nitrogens with zero attached hydrogens (tertiary/aromatic N) is 3. The fourth-order valence-corrected chi connectivity index (χ4v) is 2.17. The van der Waals surface area contributed by atoms with Crippen molar-refractivity contribution in [3.8, 4) is 11.6 Å². The lowest BCUT2D eigenvalue weighted by Crippen LogP contribution is -2.04. The van der Waals surface area contributed by atoms with Gasteiger partial charge in [-0.2, -0.15) is 0 Å². The number of benzene rings is 1. The maximum atomic E-state index is 5.78. The molecule has 0 fully saturated rings. The minimum absolute atomic E-state index is 0.551. The number of hydrogen-bond donors (Lipinski definition) is 0. The summed E-state index contributed by atoms with van der Waals surface area (Å²) in [6, 6.07) is 11.8. The zero-order valence-corrected chi connectivity index (χ0v) is 12.4. The van der Waals surface area contributed by atoms with Gasteiger partial charge in [0.05, 0.1) is 18.6 Å². The minimum atomic E-state index is 0.551. The first-order chi connectivity index (χ1) is 10.9. The van der Waals surface area contributed by atoms with Gasteiger partial charge in [-0.25, -0.2) is 15.0 Å². The topological polar surface area (TPSA) is 57.1 Å². The maximum Gasteiger partial charge on any atom is 0.226 e. The van der Waals surface area contributed by atoms with Crippen LogP contribution in [0.3, 0.4) is 0 Å². The molecule has 112 valence electrons. The number of rotatable bonds is 6. The van der Waals surface area contributed by atoms with Crippen molar-refractivity contribution in [3.05, 3.63) is 54.5 Å². The van der Waals surface area contributed by atoms with Crippen LogP contribution in [0, 0.1) is 0 Å². The van der Waals surface area contributed by atoms with E-state index < -0.39 is 0 Å². The van der Waals surface area contributed by atoms with E-state index >= 15 is 0 Å². The molecule has 3 rings (SSSR count). The van der Waals surface area contributed by atoms with E-state index in [2.05, 4.69) is 15.0 Å². The molecule has 0 saturated heterocycles. The molecule has 0 aliphatic carbocycles. The molecule has 0 unspecified atom stereocenters. The summed E-state index contributed by atoms with van der Waals surface area (Å²) in [5.74, 6) is 1.46. The largest absolute Gasteiger partial charge is 0.494 e. The highest BCUT2D eigenvalue weighted by Crippen LogP contribution is 2.19. The van der Waals surface area contributed by atoms with E-state index in [0.717, 1.165) is 17.6 Å². The van der Waals surface area contributed by atoms with Crippen molar-refractivity contribution in [1.29, 1.82) is 0 Å². The maximum absolute atomic E-state index is 5.78. The Morgan fingerprint density at radius 3 is 2.64 bits per heavy atom. The van der Waals surface area contributed by atoms with Gasteiger partial charge in [-0.05, 0) is 36.8 Å². The molecule has 0 aliphatic rings. The summed E-state index contributed by atoms with van der Waals surface area (Å²) < 4.78 is 11.2. The van der Waals surface area contributed by atoms with E-state index in [0.29, 0.717) is 24.7 Å². The van der Waals surface area contributed by atoms with E-state index in [4.69, 9.17) is 9.47 Å². The summed E-state index contributed by atoms with van der Waals surface area (Å²) in [7, 11) is 0. The standard InChI is InChI=1S/C17H17N3O2/c1-2-21-14-7-5-13(6-8-14)9-11-22-17-15-4-3-10-18-16(15)19-12-20-17/h3-8,10,12H,2,9,11H2,1H3. The van der Waals surface area contributed by atoms with E-state index in [1.54, 1.807) is 6.20 Å². The van der Waals surface area contributed by atoms with Crippen LogP contribution in [0.5, 0.6) is 11.6 Å². The van der Waals surface area contributed by atoms with Gasteiger partial charge in [0, 0.05) is 12.6 Å². The Kier molecular flexibility index (Phi) is 4.44. The van der Waals surface area contributed by atoms with Crippen LogP contribution in [-0.4, -0.2) is 28.2 Å². The zero-order chi connectivity index (χ0) is 15.2. The van der Waals surface area contributed by atoms with Crippen LogP contribution in [-0.2, 0) is 6.42 Å². The number of ether oxygens (including phenoxy) is 2. The molecule has 0 spiro atoms. The molecular formula is C17H17N3O2. The van der Waals surface area contributed by atoms with Gasteiger partial charge in [0.2, 0.25) is 5.88 Å². The molecule has 0 atom stereocenters. The van der Waals surface area contributed by atoms with Crippen molar-refractivity contribution in [2.24, 2.45) is 0 Å². The minimum Gasteiger partial charge on any atom is -0.494 e. The Hall–Kier alpha value is -2.69. The number of fused-ring (bicyclic) bond motifs is 1. The van der Waals surface area contributed by atoms with Gasteiger partial charge in [0.15, 0.2) is 5.65 Å². The van der Waals surface area contributed by atoms with Crippen LogP contribution in [0.1, 0.15) is 12.5 Å². The molecule has 2 aromatic heterocycles. The monoisotopic (exact) mass is 295 g/mol. The van der Waals surface area contributed by atoms with E-state index in [1.165, 1.54) is 11.9 Å². The fraction of sp³-hybridized carbons (Fsp3) is 0.235. The van der Waals surface area contributed by atoms with Crippen LogP contribution in [0.25, 0.3) is 11.0 Å². The van der Waals surface area contributed by atoms with Gasteiger partial charge in [0.25, 0.3) is 0 Å². The van der Waals surface area contributed by atoms with E-state index in [9.17, 15) is 0 Å². The highest BCUT2D eigenvalue weighted by molar-refractivity contribution is 5.79. The first kappa shape index (κ1) is 14.3. The second-order valence-electron chi connectivity index (χ2n) is 4.73. The second-order valence-corrected chi connectivity index (χ2v) is 4.73. The summed E-state index contributed by atoms with van der Waals surface area (Å²) in [4.78, 5) is 12.5. The predicted octanol–water partition coefficient (Wildman–Crippen LogP) is 3.05. The molecule has 0 aliphatic heterocycles. The number of aromatic nitrogens is 3. The van der Waals surface area contributed by atoms with Crippen molar-refractivity contribution in [1.82, 2.24) is 15.0 Å². The van der Waals surface area contributed by atoms with E-state index in [-0.39, 0.29) is 0 Å². The molecule has 0 amide bonds. The Labute approximate surface area is 129 Å². The van der Waals surface area contributed by atoms with Crippen molar-refractivity contribution in [2.75, 3.05) is 13.2 Å². The first-order valence-electron chi connectivity index (χ1n) is 7.27. The molecule has 5 heteroatoms. The van der Waals surface area contributed by atoms with Crippen LogP contribution >= 0.6 is 0 Å². The van der Waals surface area contributed by atoms with Crippen LogP contribution < -0.4 is 9.47 Å². The van der Waals surface area contributed by atoms with Crippen molar-refractivity contribution in [2.45, 2.75) is 13.3 Å². The highest BCUT2D eigenvalue weighted by atomic mass is 16.5. The van der Waals surface area contributed by atoms with Crippen molar-refractivity contribution < 1.29 is 9.47 Å². The number of pyridine rings is 1. The average molecular weight is 295 g/mol. The van der Waals surface area contributed by atoms with Crippen molar-refractivity contribution >= 4 is 11.0 Å². The third-order valence-electron chi connectivity index (χ3n) is 3.24. The Morgan fingerprint density at radius 1 is 0.955 bits per heavy atom. The summed E-state index contributed by atoms with van der Waals surface area (Å²) in [6.07, 6.45) is 3.98. The molecule has 0 bridgehead atoms. The Morgan fingerprint density at radius 2 is 1.82 bits per heavy atom. The Bertz CT molecular complexity index is 739. The van der Waals surface area contributed by atoms with Crippen LogP contribution in [0.15, 0.2) is 48.9 Å². The van der Waals surface area contributed by atoms with Gasteiger partial charge < -0.3 is 9.47 Å². The smallest absolute Gasteiger partial charge is 0.226 e. The summed E-state index contributed by atoms with van der Waals surface area (Å²) in [5, 5.41) is 0.830. The molecule has 0 radical (unpaired) electrons. The molecule has 0 N–H and O–H groups in total. The lowest BCUT2D eigenvalue weighted by atomic mass is 10.1. The molecule has 1 aromatic carbocycles. The molecule has 0 saturated carbocycles. The lowest BCUT2D eigenvalue weighted by Gasteiger charge is -2.08. The van der Waals surface area contributed by atoms with Crippen molar-refractivity contribution in [3.63, 3.8) is 0 Å². The summed E-state index contributed by atoms with van der Waals surface area (Å²) in [6.45, 7) is 3.20. The second kappa shape index (κ2) is 6.85. The summed E-state index contributed by atoms with van der Waals surface area (Å²) in [5.41, 5.74) is 1.84. The van der Waals surface area contributed by atoms with Gasteiger partial charge in [-0.3, -0.25) is 0 Å². The van der Waals surface area contributed by atoms with Gasteiger partial charge in [-0.15, -0.1) is 0 Å². The Balaban J connectivity index is 1.62. The molecule has 2 heterocycles. The fourth-order valence-electron chi connectivity index (χ4n) is 2.17. The molecule has 3 aromatic rings. The normalized spacial score (nSPS) is 10.6. The predicted molar refractivity (Wildman–Crippen MR) is 84.1 cm³/mol. The quantitative estimate of drug-likeness (QED) is 0.699. The van der Waals surface area contributed by atoms with Gasteiger partial charge in [0.1, 0.15) is 12.1 Å². The van der Waals surface area contributed by atoms with Gasteiger partial charge >= 0.3 is 0 Å². The molecular weight excluding hydrogens is 278 g/mol. The zero-order valence-electron chi connectivity index (χ0n) is 12.4. The third-order valence-corrected chi connectivity index (χ3v) is 3.24. The van der Waals surface area contributed by atoms with Gasteiger partial charge in [-0.1, -0.05) is 12.1 Å². The first-order valence-corrected chi connectivity index (χ1v) is 7.27. The third kappa shape index (κ3) is 3.31. The molecule has 5 nitrogen and oxygen atoms in total.